The van der Waals surface area contributed by atoms with E-state index in [1.54, 1.807) is 0 Å². The van der Waals surface area contributed by atoms with Gasteiger partial charge in [-0.1, -0.05) is 71.1 Å². The van der Waals surface area contributed by atoms with Crippen LogP contribution in [-0.4, -0.2) is 42.4 Å². The molecule has 0 spiro atoms. The second-order valence-corrected chi connectivity index (χ2v) is 7.56. The predicted molar refractivity (Wildman–Crippen MR) is 97.1 cm³/mol. The first-order valence-electron chi connectivity index (χ1n) is 10.3. The van der Waals surface area contributed by atoms with E-state index < -0.39 is 0 Å². The molecule has 1 heterocycles. The molecule has 0 aromatic heterocycles. The van der Waals surface area contributed by atoms with Gasteiger partial charge in [0.25, 0.3) is 0 Å². The molecule has 1 aliphatic heterocycles. The highest BCUT2D eigenvalue weighted by Gasteiger charge is 2.30. The van der Waals surface area contributed by atoms with Gasteiger partial charge in [0.15, 0.2) is 0 Å². The van der Waals surface area contributed by atoms with E-state index in [4.69, 9.17) is 0 Å². The lowest BCUT2D eigenvalue weighted by atomic mass is 10.1. The van der Waals surface area contributed by atoms with E-state index in [0.29, 0.717) is 6.61 Å². The highest BCUT2D eigenvalue weighted by atomic mass is 16.3. The summed E-state index contributed by atoms with van der Waals surface area (Å²) in [7, 11) is 0. The van der Waals surface area contributed by atoms with Crippen LogP contribution in [0.3, 0.4) is 0 Å². The fraction of sp³-hybridized carbons (Fsp3) is 1.00. The van der Waals surface area contributed by atoms with E-state index in [1.165, 1.54) is 114 Å². The van der Waals surface area contributed by atoms with Gasteiger partial charge in [0.1, 0.15) is 6.54 Å². The summed E-state index contributed by atoms with van der Waals surface area (Å²) in [6, 6.07) is 0. The van der Waals surface area contributed by atoms with Crippen LogP contribution in [0.5, 0.6) is 0 Å². The van der Waals surface area contributed by atoms with Crippen molar-refractivity contribution < 1.29 is 9.59 Å². The Labute approximate surface area is 139 Å². The van der Waals surface area contributed by atoms with Gasteiger partial charge >= 0.3 is 0 Å². The van der Waals surface area contributed by atoms with Crippen LogP contribution < -0.4 is 0 Å². The van der Waals surface area contributed by atoms with Gasteiger partial charge in [0.2, 0.25) is 0 Å². The van der Waals surface area contributed by atoms with E-state index in [0.717, 1.165) is 6.54 Å². The summed E-state index contributed by atoms with van der Waals surface area (Å²) in [6.45, 7) is 7.61. The van der Waals surface area contributed by atoms with Gasteiger partial charge in [-0.25, -0.2) is 0 Å². The molecule has 0 amide bonds. The van der Waals surface area contributed by atoms with Crippen molar-refractivity contribution in [1.29, 1.82) is 0 Å². The van der Waals surface area contributed by atoms with Crippen molar-refractivity contribution in [3.8, 4) is 0 Å². The number of rotatable bonds is 15. The highest BCUT2D eigenvalue weighted by molar-refractivity contribution is 4.56. The third-order valence-corrected chi connectivity index (χ3v) is 5.58. The standard InChI is InChI=1S/C20H42NO/c1-2-3-4-5-6-7-8-9-10-11-12-13-16-21(19-20-22)17-14-15-18-21/h22H,2-20H2,1H3/q+1. The summed E-state index contributed by atoms with van der Waals surface area (Å²) in [5.74, 6) is 0. The predicted octanol–water partition coefficient (Wildman–Crippen LogP) is 5.29. The van der Waals surface area contributed by atoms with Crippen LogP contribution in [0.25, 0.3) is 0 Å². The maximum Gasteiger partial charge on any atom is 0.102 e. The van der Waals surface area contributed by atoms with E-state index in [1.807, 2.05) is 0 Å². The summed E-state index contributed by atoms with van der Waals surface area (Å²) in [5.41, 5.74) is 0. The lowest BCUT2D eigenvalue weighted by Crippen LogP contribution is -2.47. The molecule has 1 fully saturated rings. The van der Waals surface area contributed by atoms with E-state index in [2.05, 4.69) is 6.92 Å². The van der Waals surface area contributed by atoms with E-state index in [-0.39, 0.29) is 0 Å². The van der Waals surface area contributed by atoms with Crippen molar-refractivity contribution >= 4 is 0 Å². The molecule has 1 N–H and O–H groups in total. The molecule has 0 aromatic carbocycles. The molecule has 2 nitrogen and oxygen atoms in total. The number of aliphatic hydroxyl groups is 1. The average Bonchev–Trinajstić information content (AvgIpc) is 2.97. The molecule has 0 unspecified atom stereocenters. The van der Waals surface area contributed by atoms with Crippen LogP contribution in [0.2, 0.25) is 0 Å². The van der Waals surface area contributed by atoms with Crippen LogP contribution in [0.4, 0.5) is 0 Å². The van der Waals surface area contributed by atoms with Crippen molar-refractivity contribution in [2.75, 3.05) is 32.8 Å². The molecule has 2 heteroatoms. The van der Waals surface area contributed by atoms with Crippen molar-refractivity contribution in [3.05, 3.63) is 0 Å². The minimum atomic E-state index is 0.373. The summed E-state index contributed by atoms with van der Waals surface area (Å²) in [6.07, 6.45) is 19.9. The number of nitrogens with zero attached hydrogens (tertiary/aromatic N) is 1. The van der Waals surface area contributed by atoms with Crippen LogP contribution in [0.15, 0.2) is 0 Å². The molecular formula is C20H42NO+. The molecule has 1 saturated heterocycles. The van der Waals surface area contributed by atoms with Crippen molar-refractivity contribution in [2.24, 2.45) is 0 Å². The van der Waals surface area contributed by atoms with Gasteiger partial charge in [-0.2, -0.15) is 0 Å². The van der Waals surface area contributed by atoms with Crippen molar-refractivity contribution in [2.45, 2.75) is 96.8 Å². The summed E-state index contributed by atoms with van der Waals surface area (Å²) < 4.78 is 1.22. The number of hydrogen-bond acceptors (Lipinski definition) is 1. The Morgan fingerprint density at radius 3 is 1.55 bits per heavy atom. The number of likely N-dealkylation sites (tertiary alicyclic amines) is 1. The second kappa shape index (κ2) is 13.4. The Hall–Kier alpha value is -0.0800. The lowest BCUT2D eigenvalue weighted by molar-refractivity contribution is -0.917. The van der Waals surface area contributed by atoms with Crippen molar-refractivity contribution in [1.82, 2.24) is 0 Å². The first-order chi connectivity index (χ1) is 10.8. The Kier molecular flexibility index (Phi) is 12.1. The Morgan fingerprint density at radius 1 is 0.636 bits per heavy atom. The second-order valence-electron chi connectivity index (χ2n) is 7.56. The number of unbranched alkanes of at least 4 members (excludes halogenated alkanes) is 11. The fourth-order valence-corrected chi connectivity index (χ4v) is 4.07. The zero-order valence-corrected chi connectivity index (χ0v) is 15.3. The third kappa shape index (κ3) is 9.15. The lowest BCUT2D eigenvalue weighted by Gasteiger charge is -2.33. The Bertz CT molecular complexity index is 236. The molecule has 0 bridgehead atoms. The molecule has 0 atom stereocenters. The van der Waals surface area contributed by atoms with Crippen LogP contribution in [0.1, 0.15) is 96.8 Å². The van der Waals surface area contributed by atoms with E-state index >= 15 is 0 Å². The fourth-order valence-electron chi connectivity index (χ4n) is 4.07. The number of quaternary nitrogens is 1. The van der Waals surface area contributed by atoms with Crippen LogP contribution in [-0.2, 0) is 0 Å². The van der Waals surface area contributed by atoms with Gasteiger partial charge < -0.3 is 9.59 Å². The minimum absolute atomic E-state index is 0.373. The zero-order valence-electron chi connectivity index (χ0n) is 15.3. The molecule has 0 radical (unpaired) electrons. The maximum atomic E-state index is 9.27. The molecule has 0 aliphatic carbocycles. The topological polar surface area (TPSA) is 20.2 Å². The van der Waals surface area contributed by atoms with Gasteiger partial charge in [0, 0.05) is 12.8 Å². The van der Waals surface area contributed by atoms with Gasteiger partial charge in [-0.05, 0) is 12.8 Å². The largest absolute Gasteiger partial charge is 0.391 e. The van der Waals surface area contributed by atoms with Crippen LogP contribution >= 0.6 is 0 Å². The summed E-state index contributed by atoms with van der Waals surface area (Å²) >= 11 is 0. The molecular weight excluding hydrogens is 270 g/mol. The first kappa shape index (κ1) is 20.0. The van der Waals surface area contributed by atoms with Gasteiger partial charge in [-0.3, -0.25) is 0 Å². The highest BCUT2D eigenvalue weighted by Crippen LogP contribution is 2.21. The SMILES string of the molecule is CCCCCCCCCCCCCC[N+]1(CCO)CCCC1. The van der Waals surface area contributed by atoms with Gasteiger partial charge in [0.05, 0.1) is 26.2 Å². The maximum absolute atomic E-state index is 9.27. The zero-order chi connectivity index (χ0) is 15.9. The van der Waals surface area contributed by atoms with E-state index in [9.17, 15) is 5.11 Å². The summed E-state index contributed by atoms with van der Waals surface area (Å²) in [5, 5.41) is 9.27. The summed E-state index contributed by atoms with van der Waals surface area (Å²) in [4.78, 5) is 0. The molecule has 132 valence electrons. The molecule has 1 aliphatic rings. The van der Waals surface area contributed by atoms with Gasteiger partial charge in [-0.15, -0.1) is 0 Å². The monoisotopic (exact) mass is 312 g/mol. The quantitative estimate of drug-likeness (QED) is 0.322. The molecule has 0 aromatic rings. The Balaban J connectivity index is 1.85. The third-order valence-electron chi connectivity index (χ3n) is 5.58. The Morgan fingerprint density at radius 2 is 1.09 bits per heavy atom. The molecule has 22 heavy (non-hydrogen) atoms. The average molecular weight is 313 g/mol. The minimum Gasteiger partial charge on any atom is -0.391 e. The smallest absolute Gasteiger partial charge is 0.102 e. The number of hydrogen-bond donors (Lipinski definition) is 1. The molecule has 0 saturated carbocycles. The van der Waals surface area contributed by atoms with Crippen molar-refractivity contribution in [3.63, 3.8) is 0 Å². The normalized spacial score (nSPS) is 17.2. The first-order valence-corrected chi connectivity index (χ1v) is 10.3. The number of aliphatic hydroxyl groups excluding tert-OH is 1. The molecule has 1 rings (SSSR count). The van der Waals surface area contributed by atoms with Crippen LogP contribution in [0, 0.1) is 0 Å².